The van der Waals surface area contributed by atoms with Crippen LogP contribution in [0.15, 0.2) is 29.1 Å². The van der Waals surface area contributed by atoms with Gasteiger partial charge in [0.15, 0.2) is 0 Å². The van der Waals surface area contributed by atoms with E-state index < -0.39 is 5.60 Å². The molecule has 1 saturated heterocycles. The Morgan fingerprint density at radius 3 is 2.59 bits per heavy atom. The van der Waals surface area contributed by atoms with E-state index in [0.29, 0.717) is 48.2 Å². The quantitative estimate of drug-likeness (QED) is 0.566. The molecule has 0 saturated carbocycles. The third-order valence-corrected chi connectivity index (χ3v) is 5.50. The molecule has 3 N–H and O–H groups in total. The predicted octanol–water partition coefficient (Wildman–Crippen LogP) is 3.04. The van der Waals surface area contributed by atoms with Crippen LogP contribution >= 0.6 is 0 Å². The van der Waals surface area contributed by atoms with Gasteiger partial charge in [-0.15, -0.1) is 0 Å². The van der Waals surface area contributed by atoms with E-state index in [1.807, 2.05) is 26.8 Å². The maximum Gasteiger partial charge on any atom is 0.410 e. The van der Waals surface area contributed by atoms with Crippen LogP contribution in [0.4, 0.5) is 15.3 Å². The van der Waals surface area contributed by atoms with Gasteiger partial charge in [-0.1, -0.05) is 6.07 Å². The summed E-state index contributed by atoms with van der Waals surface area (Å²) < 4.78 is 7.22. The summed E-state index contributed by atoms with van der Waals surface area (Å²) in [5.74, 6) is 0.0585. The summed E-state index contributed by atoms with van der Waals surface area (Å²) in [4.78, 5) is 41.4. The van der Waals surface area contributed by atoms with Crippen LogP contribution in [-0.4, -0.2) is 57.4 Å². The first-order valence-corrected chi connectivity index (χ1v) is 10.7. The Balaban J connectivity index is 1.67. The second-order valence-corrected chi connectivity index (χ2v) is 8.96. The molecule has 170 valence electrons. The molecule has 0 aliphatic carbocycles. The second kappa shape index (κ2) is 8.18. The minimum absolute atomic E-state index is 0.0585. The lowest BCUT2D eigenvalue weighted by Crippen LogP contribution is -2.41. The van der Waals surface area contributed by atoms with Crippen LogP contribution in [-0.2, 0) is 4.74 Å². The van der Waals surface area contributed by atoms with Crippen molar-refractivity contribution in [1.29, 1.82) is 0 Å². The van der Waals surface area contributed by atoms with Crippen molar-refractivity contribution in [2.75, 3.05) is 25.5 Å². The van der Waals surface area contributed by atoms with Crippen molar-refractivity contribution in [3.63, 3.8) is 0 Å². The fourth-order valence-corrected chi connectivity index (χ4v) is 4.05. The first kappa shape index (κ1) is 21.7. The van der Waals surface area contributed by atoms with Crippen LogP contribution < -0.4 is 16.2 Å². The number of carbonyl (C=O) groups is 2. The standard InChI is InChI=1S/C22H28N6O4/c1-22(2,3)32-21(31)27-10-8-13(9-11-27)16-12-17(29)25-19-18-14(24-20(30)23-4)6-5-7-15(18)26-28(16)19/h5-7,12-13H,8-11H2,1-4H3,(H,25,29)(H2,23,24,30). The van der Waals surface area contributed by atoms with Gasteiger partial charge in [-0.05, 0) is 45.7 Å². The number of H-pyrrole nitrogens is 1. The molecule has 1 fully saturated rings. The molecule has 3 heterocycles. The van der Waals surface area contributed by atoms with E-state index in [4.69, 9.17) is 9.84 Å². The van der Waals surface area contributed by atoms with E-state index in [2.05, 4.69) is 15.6 Å². The Kier molecular flexibility index (Phi) is 5.53. The molecule has 0 spiro atoms. The van der Waals surface area contributed by atoms with Crippen molar-refractivity contribution in [2.45, 2.75) is 45.1 Å². The lowest BCUT2D eigenvalue weighted by atomic mass is 9.93. The van der Waals surface area contributed by atoms with Crippen molar-refractivity contribution < 1.29 is 14.3 Å². The number of likely N-dealkylation sites (tertiary alicyclic amines) is 1. The smallest absolute Gasteiger partial charge is 0.410 e. The lowest BCUT2D eigenvalue weighted by molar-refractivity contribution is 0.0203. The number of ether oxygens (including phenoxy) is 1. The summed E-state index contributed by atoms with van der Waals surface area (Å²) in [6.45, 7) is 6.62. The first-order valence-electron chi connectivity index (χ1n) is 10.7. The summed E-state index contributed by atoms with van der Waals surface area (Å²) in [5, 5.41) is 10.7. The molecule has 10 nitrogen and oxygen atoms in total. The number of fused-ring (bicyclic) bond motifs is 3. The first-order chi connectivity index (χ1) is 15.2. The summed E-state index contributed by atoms with van der Waals surface area (Å²) in [7, 11) is 1.54. The third-order valence-electron chi connectivity index (χ3n) is 5.50. The third kappa shape index (κ3) is 4.25. The Bertz CT molecular complexity index is 1230. The van der Waals surface area contributed by atoms with Gasteiger partial charge in [-0.3, -0.25) is 4.79 Å². The largest absolute Gasteiger partial charge is 0.444 e. The second-order valence-electron chi connectivity index (χ2n) is 8.96. The molecule has 1 aliphatic heterocycles. The number of urea groups is 1. The highest BCUT2D eigenvalue weighted by atomic mass is 16.6. The highest BCUT2D eigenvalue weighted by Gasteiger charge is 2.29. The molecule has 3 amide bonds. The molecule has 0 atom stereocenters. The number of benzene rings is 1. The van der Waals surface area contributed by atoms with E-state index in [-0.39, 0.29) is 23.6 Å². The van der Waals surface area contributed by atoms with Gasteiger partial charge in [-0.25, -0.2) is 14.1 Å². The topological polar surface area (TPSA) is 121 Å². The summed E-state index contributed by atoms with van der Waals surface area (Å²) in [6, 6.07) is 6.62. The normalized spacial score (nSPS) is 15.2. The minimum atomic E-state index is -0.539. The van der Waals surface area contributed by atoms with Crippen LogP contribution in [0.2, 0.25) is 0 Å². The van der Waals surface area contributed by atoms with Gasteiger partial charge in [0.2, 0.25) is 0 Å². The molecule has 4 rings (SSSR count). The maximum atomic E-state index is 12.5. The maximum absolute atomic E-state index is 12.5. The molecule has 0 unspecified atom stereocenters. The lowest BCUT2D eigenvalue weighted by Gasteiger charge is -2.33. The Labute approximate surface area is 184 Å². The fraction of sp³-hybridized carbons (Fsp3) is 0.455. The van der Waals surface area contributed by atoms with Crippen molar-refractivity contribution in [3.8, 4) is 0 Å². The number of aromatic amines is 1. The van der Waals surface area contributed by atoms with Crippen molar-refractivity contribution in [1.82, 2.24) is 24.8 Å². The van der Waals surface area contributed by atoms with E-state index >= 15 is 0 Å². The number of aromatic nitrogens is 3. The molecule has 1 aromatic carbocycles. The molecule has 32 heavy (non-hydrogen) atoms. The molecule has 0 radical (unpaired) electrons. The fourth-order valence-electron chi connectivity index (χ4n) is 4.05. The van der Waals surface area contributed by atoms with Gasteiger partial charge in [0.1, 0.15) is 11.2 Å². The summed E-state index contributed by atoms with van der Waals surface area (Å²) >= 11 is 0. The number of nitrogens with zero attached hydrogens (tertiary/aromatic N) is 3. The average Bonchev–Trinajstić information content (AvgIpc) is 3.11. The highest BCUT2D eigenvalue weighted by Crippen LogP contribution is 2.32. The number of rotatable bonds is 2. The molecule has 0 bridgehead atoms. The molecule has 3 aromatic rings. The Hall–Kier alpha value is -3.56. The van der Waals surface area contributed by atoms with Crippen molar-refractivity contribution in [3.05, 3.63) is 40.3 Å². The van der Waals surface area contributed by atoms with Crippen LogP contribution in [0.1, 0.15) is 45.2 Å². The summed E-state index contributed by atoms with van der Waals surface area (Å²) in [5.41, 5.74) is 1.76. The van der Waals surface area contributed by atoms with Crippen LogP contribution in [0.5, 0.6) is 0 Å². The van der Waals surface area contributed by atoms with Crippen molar-refractivity contribution in [2.24, 2.45) is 0 Å². The van der Waals surface area contributed by atoms with E-state index in [9.17, 15) is 14.4 Å². The van der Waals surface area contributed by atoms with Crippen molar-refractivity contribution >= 4 is 34.4 Å². The van der Waals surface area contributed by atoms with E-state index in [0.717, 1.165) is 5.69 Å². The van der Waals surface area contributed by atoms with Crippen LogP contribution in [0.25, 0.3) is 16.6 Å². The Morgan fingerprint density at radius 2 is 1.94 bits per heavy atom. The molecule has 1 aliphatic rings. The zero-order valence-corrected chi connectivity index (χ0v) is 18.7. The van der Waals surface area contributed by atoms with Crippen LogP contribution in [0.3, 0.4) is 0 Å². The van der Waals surface area contributed by atoms with Gasteiger partial charge < -0.3 is 25.3 Å². The zero-order chi connectivity index (χ0) is 23.0. The monoisotopic (exact) mass is 440 g/mol. The van der Waals surface area contributed by atoms with Crippen LogP contribution in [0, 0.1) is 0 Å². The van der Waals surface area contributed by atoms with E-state index in [1.54, 1.807) is 27.6 Å². The molecule has 2 aromatic heterocycles. The molecular formula is C22H28N6O4. The summed E-state index contributed by atoms with van der Waals surface area (Å²) in [6.07, 6.45) is 1.07. The number of carbonyl (C=O) groups excluding carboxylic acids is 2. The number of anilines is 1. The number of amides is 3. The van der Waals surface area contributed by atoms with Gasteiger partial charge in [0.25, 0.3) is 5.56 Å². The predicted molar refractivity (Wildman–Crippen MR) is 121 cm³/mol. The number of piperidine rings is 1. The van der Waals surface area contributed by atoms with Gasteiger partial charge in [0, 0.05) is 32.1 Å². The number of hydrogen-bond acceptors (Lipinski definition) is 5. The molecular weight excluding hydrogens is 412 g/mol. The van der Waals surface area contributed by atoms with Gasteiger partial charge >= 0.3 is 12.1 Å². The zero-order valence-electron chi connectivity index (χ0n) is 18.7. The minimum Gasteiger partial charge on any atom is -0.444 e. The Morgan fingerprint density at radius 1 is 1.22 bits per heavy atom. The number of hydrogen-bond donors (Lipinski definition) is 3. The SMILES string of the molecule is CNC(=O)Nc1cccc2nn3c(C4CCN(C(=O)OC(C)(C)C)CC4)cc(=O)[nH]c3c12. The highest BCUT2D eigenvalue weighted by molar-refractivity contribution is 6.06. The van der Waals surface area contributed by atoms with Gasteiger partial charge in [0.05, 0.1) is 22.3 Å². The van der Waals surface area contributed by atoms with E-state index in [1.165, 1.54) is 7.05 Å². The average molecular weight is 441 g/mol. The molecule has 10 heteroatoms. The number of nitrogens with one attached hydrogen (secondary N) is 3. The van der Waals surface area contributed by atoms with Gasteiger partial charge in [-0.2, -0.15) is 5.10 Å².